The van der Waals surface area contributed by atoms with Gasteiger partial charge in [0.15, 0.2) is 0 Å². The molecule has 0 fully saturated rings. The Labute approximate surface area is 102 Å². The van der Waals surface area contributed by atoms with E-state index in [1.165, 1.54) is 0 Å². The van der Waals surface area contributed by atoms with Crippen molar-refractivity contribution >= 4 is 0 Å². The van der Waals surface area contributed by atoms with Gasteiger partial charge >= 0.3 is 0 Å². The first kappa shape index (κ1) is 13.6. The number of nitriles is 1. The van der Waals surface area contributed by atoms with Crippen molar-refractivity contribution in [3.8, 4) is 6.07 Å². The fourth-order valence-electron chi connectivity index (χ4n) is 1.61. The lowest BCUT2D eigenvalue weighted by Gasteiger charge is -2.06. The van der Waals surface area contributed by atoms with Gasteiger partial charge in [-0.15, -0.1) is 5.10 Å². The molecule has 94 valence electrons. The van der Waals surface area contributed by atoms with Crippen LogP contribution in [-0.2, 0) is 24.4 Å². The van der Waals surface area contributed by atoms with E-state index in [0.29, 0.717) is 19.6 Å². The Morgan fingerprint density at radius 1 is 1.47 bits per heavy atom. The van der Waals surface area contributed by atoms with Crippen LogP contribution < -0.4 is 5.32 Å². The molecule has 1 heterocycles. The number of nitrogens with one attached hydrogen (secondary N) is 1. The quantitative estimate of drug-likeness (QED) is 0.678. The van der Waals surface area contributed by atoms with Gasteiger partial charge in [0.2, 0.25) is 0 Å². The standard InChI is InChI=1S/C11H19N5O/c1-13-8-10-11(9-17-2)16(15-14-10)7-5-3-4-6-12/h13H,3-5,7-9H2,1-2H3. The molecule has 0 aliphatic heterocycles. The fourth-order valence-corrected chi connectivity index (χ4v) is 1.61. The molecule has 0 atom stereocenters. The molecule has 17 heavy (non-hydrogen) atoms. The first-order valence-corrected chi connectivity index (χ1v) is 5.75. The summed E-state index contributed by atoms with van der Waals surface area (Å²) >= 11 is 0. The molecule has 1 aromatic rings. The Balaban J connectivity index is 2.60. The van der Waals surface area contributed by atoms with Crippen molar-refractivity contribution in [2.24, 2.45) is 0 Å². The zero-order chi connectivity index (χ0) is 12.5. The summed E-state index contributed by atoms with van der Waals surface area (Å²) in [6, 6.07) is 2.14. The predicted molar refractivity (Wildman–Crippen MR) is 63.0 cm³/mol. The molecule has 0 saturated heterocycles. The fraction of sp³-hybridized carbons (Fsp3) is 0.727. The maximum absolute atomic E-state index is 8.46. The molecule has 0 bridgehead atoms. The minimum absolute atomic E-state index is 0.516. The molecule has 0 saturated carbocycles. The van der Waals surface area contributed by atoms with Crippen LogP contribution in [0.4, 0.5) is 0 Å². The molecular weight excluding hydrogens is 218 g/mol. The zero-order valence-electron chi connectivity index (χ0n) is 10.4. The summed E-state index contributed by atoms with van der Waals surface area (Å²) in [6.45, 7) is 2.00. The minimum Gasteiger partial charge on any atom is -0.378 e. The summed E-state index contributed by atoms with van der Waals surface area (Å²) in [5, 5.41) is 19.8. The molecule has 6 heteroatoms. The van der Waals surface area contributed by atoms with Gasteiger partial charge in [0.05, 0.1) is 18.4 Å². The monoisotopic (exact) mass is 237 g/mol. The van der Waals surface area contributed by atoms with E-state index >= 15 is 0 Å². The van der Waals surface area contributed by atoms with E-state index in [9.17, 15) is 0 Å². The lowest BCUT2D eigenvalue weighted by Crippen LogP contribution is -2.11. The number of hydrogen-bond donors (Lipinski definition) is 1. The van der Waals surface area contributed by atoms with Crippen LogP contribution in [0.25, 0.3) is 0 Å². The lowest BCUT2D eigenvalue weighted by molar-refractivity contribution is 0.175. The van der Waals surface area contributed by atoms with Crippen LogP contribution in [0, 0.1) is 11.3 Å². The van der Waals surface area contributed by atoms with Crippen LogP contribution in [0.3, 0.4) is 0 Å². The third kappa shape index (κ3) is 4.13. The Hall–Kier alpha value is -1.45. The van der Waals surface area contributed by atoms with Crippen molar-refractivity contribution in [2.45, 2.75) is 39.0 Å². The molecular formula is C11H19N5O. The number of aryl methyl sites for hydroxylation is 1. The summed E-state index contributed by atoms with van der Waals surface area (Å²) in [4.78, 5) is 0. The van der Waals surface area contributed by atoms with Crippen LogP contribution in [0.1, 0.15) is 30.7 Å². The summed E-state index contributed by atoms with van der Waals surface area (Å²) in [5.41, 5.74) is 1.94. The highest BCUT2D eigenvalue weighted by molar-refractivity contribution is 5.08. The van der Waals surface area contributed by atoms with Crippen LogP contribution in [0.2, 0.25) is 0 Å². The molecule has 0 spiro atoms. The molecule has 0 aliphatic rings. The minimum atomic E-state index is 0.516. The van der Waals surface area contributed by atoms with Gasteiger partial charge in [0.25, 0.3) is 0 Å². The van der Waals surface area contributed by atoms with Gasteiger partial charge in [-0.05, 0) is 19.9 Å². The molecule has 1 N–H and O–H groups in total. The Morgan fingerprint density at radius 3 is 2.94 bits per heavy atom. The normalized spacial score (nSPS) is 10.4. The van der Waals surface area contributed by atoms with E-state index in [-0.39, 0.29) is 0 Å². The number of methoxy groups -OCH3 is 1. The molecule has 0 aliphatic carbocycles. The van der Waals surface area contributed by atoms with E-state index in [1.54, 1.807) is 7.11 Å². The molecule has 0 amide bonds. The summed E-state index contributed by atoms with van der Waals surface area (Å²) < 4.78 is 7.03. The maximum Gasteiger partial charge on any atom is 0.102 e. The van der Waals surface area contributed by atoms with Crippen molar-refractivity contribution < 1.29 is 4.74 Å². The highest BCUT2D eigenvalue weighted by Crippen LogP contribution is 2.08. The average Bonchev–Trinajstić information content (AvgIpc) is 2.69. The van der Waals surface area contributed by atoms with Gasteiger partial charge in [-0.1, -0.05) is 5.21 Å². The van der Waals surface area contributed by atoms with Gasteiger partial charge in [-0.2, -0.15) is 5.26 Å². The number of ether oxygens (including phenoxy) is 1. The lowest BCUT2D eigenvalue weighted by atomic mass is 10.2. The number of aromatic nitrogens is 3. The first-order chi connectivity index (χ1) is 8.33. The van der Waals surface area contributed by atoms with Crippen molar-refractivity contribution in [3.05, 3.63) is 11.4 Å². The number of rotatable bonds is 8. The highest BCUT2D eigenvalue weighted by Gasteiger charge is 2.11. The third-order valence-corrected chi connectivity index (χ3v) is 2.45. The van der Waals surface area contributed by atoms with Gasteiger partial charge in [-0.3, -0.25) is 0 Å². The van der Waals surface area contributed by atoms with Crippen LogP contribution >= 0.6 is 0 Å². The molecule has 0 radical (unpaired) electrons. The summed E-state index contributed by atoms with van der Waals surface area (Å²) in [7, 11) is 3.54. The second-order valence-electron chi connectivity index (χ2n) is 3.78. The van der Waals surface area contributed by atoms with Crippen LogP contribution in [0.15, 0.2) is 0 Å². The van der Waals surface area contributed by atoms with E-state index in [1.807, 2.05) is 11.7 Å². The average molecular weight is 237 g/mol. The number of hydrogen-bond acceptors (Lipinski definition) is 5. The van der Waals surface area contributed by atoms with E-state index in [2.05, 4.69) is 21.7 Å². The Morgan fingerprint density at radius 2 is 2.29 bits per heavy atom. The first-order valence-electron chi connectivity index (χ1n) is 5.75. The van der Waals surface area contributed by atoms with E-state index < -0.39 is 0 Å². The molecule has 0 aromatic carbocycles. The highest BCUT2D eigenvalue weighted by atomic mass is 16.5. The Bertz CT molecular complexity index is 368. The van der Waals surface area contributed by atoms with Crippen molar-refractivity contribution in [1.29, 1.82) is 5.26 Å². The second kappa shape index (κ2) is 7.76. The summed E-state index contributed by atoms with van der Waals surface area (Å²) in [5.74, 6) is 0. The maximum atomic E-state index is 8.46. The second-order valence-corrected chi connectivity index (χ2v) is 3.78. The Kier molecular flexibility index (Phi) is 6.22. The summed E-state index contributed by atoms with van der Waals surface area (Å²) in [6.07, 6.45) is 2.43. The van der Waals surface area contributed by atoms with Crippen molar-refractivity contribution in [3.63, 3.8) is 0 Å². The van der Waals surface area contributed by atoms with Crippen LogP contribution in [0.5, 0.6) is 0 Å². The zero-order valence-corrected chi connectivity index (χ0v) is 10.4. The van der Waals surface area contributed by atoms with Gasteiger partial charge < -0.3 is 10.1 Å². The van der Waals surface area contributed by atoms with Crippen molar-refractivity contribution in [1.82, 2.24) is 20.3 Å². The van der Waals surface area contributed by atoms with Gasteiger partial charge in [0.1, 0.15) is 5.69 Å². The van der Waals surface area contributed by atoms with E-state index in [4.69, 9.17) is 10.00 Å². The van der Waals surface area contributed by atoms with Gasteiger partial charge in [0, 0.05) is 26.6 Å². The number of nitrogens with zero attached hydrogens (tertiary/aromatic N) is 4. The predicted octanol–water partition coefficient (Wildman–Crippen LogP) is 0.838. The molecule has 6 nitrogen and oxygen atoms in total. The van der Waals surface area contributed by atoms with E-state index in [0.717, 1.165) is 30.8 Å². The van der Waals surface area contributed by atoms with Crippen LogP contribution in [-0.4, -0.2) is 29.2 Å². The van der Waals surface area contributed by atoms with Gasteiger partial charge in [-0.25, -0.2) is 4.68 Å². The van der Waals surface area contributed by atoms with Crippen molar-refractivity contribution in [2.75, 3.05) is 14.2 Å². The smallest absolute Gasteiger partial charge is 0.102 e. The topological polar surface area (TPSA) is 75.8 Å². The molecule has 1 rings (SSSR count). The largest absolute Gasteiger partial charge is 0.378 e. The molecule has 0 unspecified atom stereocenters. The third-order valence-electron chi connectivity index (χ3n) is 2.45. The number of unbranched alkanes of at least 4 members (excludes halogenated alkanes) is 2. The SMILES string of the molecule is CNCc1nnn(CCCCC#N)c1COC. The molecule has 1 aromatic heterocycles.